The molecule has 0 atom stereocenters. The third kappa shape index (κ3) is 2.51. The quantitative estimate of drug-likeness (QED) is 0.752. The maximum absolute atomic E-state index is 9.77. The van der Waals surface area contributed by atoms with Crippen LogP contribution < -0.4 is 0 Å². The van der Waals surface area contributed by atoms with E-state index in [2.05, 4.69) is 6.08 Å². The van der Waals surface area contributed by atoms with Gasteiger partial charge in [0.2, 0.25) is 0 Å². The lowest BCUT2D eigenvalue weighted by Crippen LogP contribution is -1.97. The van der Waals surface area contributed by atoms with Crippen molar-refractivity contribution in [2.45, 2.75) is 38.9 Å². The van der Waals surface area contributed by atoms with E-state index in [1.165, 1.54) is 18.4 Å². The van der Waals surface area contributed by atoms with Crippen LogP contribution >= 0.6 is 0 Å². The van der Waals surface area contributed by atoms with Gasteiger partial charge in [-0.05, 0) is 49.0 Å². The second kappa shape index (κ2) is 5.34. The highest BCUT2D eigenvalue weighted by molar-refractivity contribution is 5.68. The highest BCUT2D eigenvalue weighted by atomic mass is 16.3. The number of rotatable bonds is 3. The first kappa shape index (κ1) is 12.1. The van der Waals surface area contributed by atoms with Crippen LogP contribution in [0.1, 0.15) is 42.4 Å². The molecule has 0 bridgehead atoms. The van der Waals surface area contributed by atoms with Gasteiger partial charge in [0.15, 0.2) is 0 Å². The van der Waals surface area contributed by atoms with Crippen molar-refractivity contribution in [2.24, 2.45) is 0 Å². The second-order valence-corrected chi connectivity index (χ2v) is 4.43. The molecule has 3 N–H and O–H groups in total. The Labute approximate surface area is 101 Å². The minimum absolute atomic E-state index is 0.00941. The van der Waals surface area contributed by atoms with E-state index in [0.29, 0.717) is 11.1 Å². The van der Waals surface area contributed by atoms with Crippen LogP contribution in [0.5, 0.6) is 5.75 Å². The fraction of sp³-hybridized carbons (Fsp3) is 0.429. The Bertz CT molecular complexity index is 410. The Kier molecular flexibility index (Phi) is 3.82. The maximum atomic E-state index is 9.77. The van der Waals surface area contributed by atoms with Crippen molar-refractivity contribution in [1.82, 2.24) is 0 Å². The summed E-state index contributed by atoms with van der Waals surface area (Å²) in [5.41, 5.74) is 3.23. The average molecular weight is 234 g/mol. The van der Waals surface area contributed by atoms with Crippen LogP contribution in [0.2, 0.25) is 0 Å². The van der Waals surface area contributed by atoms with Crippen molar-refractivity contribution in [3.05, 3.63) is 34.9 Å². The van der Waals surface area contributed by atoms with Gasteiger partial charge in [-0.25, -0.2) is 0 Å². The number of aliphatic hydroxyl groups is 2. The van der Waals surface area contributed by atoms with Crippen LogP contribution in [0.4, 0.5) is 0 Å². The van der Waals surface area contributed by atoms with Crippen molar-refractivity contribution in [2.75, 3.05) is 0 Å². The Morgan fingerprint density at radius 1 is 1.00 bits per heavy atom. The highest BCUT2D eigenvalue weighted by Crippen LogP contribution is 2.32. The van der Waals surface area contributed by atoms with Gasteiger partial charge in [-0.3, -0.25) is 0 Å². The van der Waals surface area contributed by atoms with E-state index in [-0.39, 0.29) is 19.0 Å². The van der Waals surface area contributed by atoms with Crippen LogP contribution in [0.3, 0.4) is 0 Å². The van der Waals surface area contributed by atoms with Gasteiger partial charge < -0.3 is 15.3 Å². The molecular formula is C14H18O3. The van der Waals surface area contributed by atoms with Gasteiger partial charge in [0.1, 0.15) is 5.75 Å². The van der Waals surface area contributed by atoms with Gasteiger partial charge >= 0.3 is 0 Å². The van der Waals surface area contributed by atoms with Gasteiger partial charge in [-0.2, -0.15) is 0 Å². The number of hydrogen-bond acceptors (Lipinski definition) is 3. The molecule has 1 aromatic carbocycles. The molecule has 1 aliphatic carbocycles. The van der Waals surface area contributed by atoms with Gasteiger partial charge in [-0.1, -0.05) is 6.08 Å². The van der Waals surface area contributed by atoms with Gasteiger partial charge in [-0.15, -0.1) is 0 Å². The van der Waals surface area contributed by atoms with E-state index in [9.17, 15) is 15.3 Å². The molecule has 0 aliphatic heterocycles. The van der Waals surface area contributed by atoms with Crippen molar-refractivity contribution in [3.8, 4) is 5.75 Å². The van der Waals surface area contributed by atoms with Crippen LogP contribution in [-0.4, -0.2) is 15.3 Å². The topological polar surface area (TPSA) is 60.7 Å². The molecule has 3 nitrogen and oxygen atoms in total. The monoisotopic (exact) mass is 234 g/mol. The summed E-state index contributed by atoms with van der Waals surface area (Å²) in [7, 11) is 0. The zero-order chi connectivity index (χ0) is 12.3. The fourth-order valence-corrected chi connectivity index (χ4v) is 2.29. The zero-order valence-electron chi connectivity index (χ0n) is 9.82. The molecule has 0 spiro atoms. The molecule has 0 aromatic heterocycles. The summed E-state index contributed by atoms with van der Waals surface area (Å²) in [5, 5.41) is 28.2. The van der Waals surface area contributed by atoms with E-state index < -0.39 is 0 Å². The first-order valence-electron chi connectivity index (χ1n) is 6.02. The molecule has 0 amide bonds. The zero-order valence-corrected chi connectivity index (χ0v) is 9.82. The smallest absolute Gasteiger partial charge is 0.126 e. The van der Waals surface area contributed by atoms with E-state index in [0.717, 1.165) is 18.4 Å². The first-order chi connectivity index (χ1) is 8.26. The summed E-state index contributed by atoms with van der Waals surface area (Å²) in [6, 6.07) is 3.62. The minimum atomic E-state index is -0.208. The summed E-state index contributed by atoms with van der Waals surface area (Å²) in [4.78, 5) is 0. The third-order valence-corrected chi connectivity index (χ3v) is 3.27. The minimum Gasteiger partial charge on any atom is -0.507 e. The predicted octanol–water partition coefficient (Wildman–Crippen LogP) is 2.33. The molecule has 0 saturated carbocycles. The van der Waals surface area contributed by atoms with Crippen LogP contribution in [0.15, 0.2) is 18.2 Å². The third-order valence-electron chi connectivity index (χ3n) is 3.27. The number of aliphatic hydroxyl groups excluding tert-OH is 2. The summed E-state index contributed by atoms with van der Waals surface area (Å²) in [6.45, 7) is -0.417. The second-order valence-electron chi connectivity index (χ2n) is 4.43. The predicted molar refractivity (Wildman–Crippen MR) is 66.4 cm³/mol. The summed E-state index contributed by atoms with van der Waals surface area (Å²) >= 11 is 0. The molecule has 0 unspecified atom stereocenters. The molecule has 0 fully saturated rings. The molecule has 17 heavy (non-hydrogen) atoms. The van der Waals surface area contributed by atoms with Crippen molar-refractivity contribution < 1.29 is 15.3 Å². The molecule has 0 heterocycles. The van der Waals surface area contributed by atoms with E-state index in [4.69, 9.17) is 0 Å². The summed E-state index contributed by atoms with van der Waals surface area (Å²) in [6.07, 6.45) is 6.72. The molecule has 0 saturated heterocycles. The number of allylic oxidation sites excluding steroid dienone is 2. The van der Waals surface area contributed by atoms with E-state index >= 15 is 0 Å². The molecule has 92 valence electrons. The van der Waals surface area contributed by atoms with Gasteiger partial charge in [0.05, 0.1) is 13.2 Å². The van der Waals surface area contributed by atoms with Crippen LogP contribution in [0, 0.1) is 0 Å². The van der Waals surface area contributed by atoms with Crippen LogP contribution in [-0.2, 0) is 13.2 Å². The maximum Gasteiger partial charge on any atom is 0.126 e. The summed E-state index contributed by atoms with van der Waals surface area (Å²) < 4.78 is 0. The largest absolute Gasteiger partial charge is 0.507 e. The lowest BCUT2D eigenvalue weighted by atomic mass is 9.91. The highest BCUT2D eigenvalue weighted by Gasteiger charge is 2.12. The van der Waals surface area contributed by atoms with Crippen LogP contribution in [0.25, 0.3) is 5.57 Å². The normalized spacial score (nSPS) is 15.8. The van der Waals surface area contributed by atoms with Crippen molar-refractivity contribution in [3.63, 3.8) is 0 Å². The number of hydrogen-bond donors (Lipinski definition) is 3. The van der Waals surface area contributed by atoms with Gasteiger partial charge in [0.25, 0.3) is 0 Å². The van der Waals surface area contributed by atoms with Gasteiger partial charge in [0, 0.05) is 11.1 Å². The Hall–Kier alpha value is -1.32. The molecular weight excluding hydrogens is 216 g/mol. The Morgan fingerprint density at radius 2 is 1.65 bits per heavy atom. The van der Waals surface area contributed by atoms with Crippen molar-refractivity contribution in [1.29, 1.82) is 0 Å². The lowest BCUT2D eigenvalue weighted by Gasteiger charge is -2.16. The molecule has 3 heteroatoms. The molecule has 0 radical (unpaired) electrons. The molecule has 1 aliphatic rings. The van der Waals surface area contributed by atoms with Crippen molar-refractivity contribution >= 4 is 5.57 Å². The lowest BCUT2D eigenvalue weighted by molar-refractivity contribution is 0.263. The van der Waals surface area contributed by atoms with E-state index in [1.54, 1.807) is 0 Å². The first-order valence-corrected chi connectivity index (χ1v) is 6.02. The number of benzene rings is 1. The standard InChI is InChI=1S/C14H18O3/c15-8-12-6-11(7-13(9-16)14(12)17)10-4-2-1-3-5-10/h4,6-7,15-17H,1-3,5,8-9H2. The van der Waals surface area contributed by atoms with E-state index in [1.807, 2.05) is 12.1 Å². The SMILES string of the molecule is OCc1cc(C2=CCCCC2)cc(CO)c1O. The summed E-state index contributed by atoms with van der Waals surface area (Å²) in [5.74, 6) is 0.00941. The molecule has 2 rings (SSSR count). The Balaban J connectivity index is 2.43. The number of aromatic hydroxyl groups is 1. The fourth-order valence-electron chi connectivity index (χ4n) is 2.29. The molecule has 1 aromatic rings. The number of phenols is 1. The Morgan fingerprint density at radius 3 is 2.12 bits per heavy atom. The average Bonchev–Trinajstić information content (AvgIpc) is 2.40.